The number of nitrogens with one attached hydrogen (secondary N) is 1. The zero-order valence-electron chi connectivity index (χ0n) is 9.29. The predicted octanol–water partition coefficient (Wildman–Crippen LogP) is 5.04. The van der Waals surface area contributed by atoms with E-state index in [0.717, 1.165) is 14.6 Å². The molecule has 1 aromatic heterocycles. The normalized spacial score (nSPS) is 12.4. The van der Waals surface area contributed by atoms with Gasteiger partial charge in [-0.15, -0.1) is 11.3 Å². The highest BCUT2D eigenvalue weighted by Gasteiger charge is 2.12. The Morgan fingerprint density at radius 1 is 1.33 bits per heavy atom. The van der Waals surface area contributed by atoms with E-state index in [1.54, 1.807) is 11.3 Å². The molecule has 0 amide bonds. The van der Waals surface area contributed by atoms with Gasteiger partial charge < -0.3 is 11.1 Å². The summed E-state index contributed by atoms with van der Waals surface area (Å²) in [7, 11) is 0. The lowest BCUT2D eigenvalue weighted by Crippen LogP contribution is -2.19. The number of nitrogens with two attached hydrogens (primary N) is 1. The summed E-state index contributed by atoms with van der Waals surface area (Å²) < 4.78 is 1.96. The van der Waals surface area contributed by atoms with Crippen LogP contribution in [0.4, 0.5) is 5.69 Å². The third-order valence-electron chi connectivity index (χ3n) is 2.43. The highest BCUT2D eigenvalue weighted by molar-refractivity contribution is 9.10. The van der Waals surface area contributed by atoms with E-state index >= 15 is 0 Å². The molecule has 0 spiro atoms. The Morgan fingerprint density at radius 3 is 2.67 bits per heavy atom. The topological polar surface area (TPSA) is 38.0 Å². The lowest BCUT2D eigenvalue weighted by molar-refractivity contribution is 0.805. The molecule has 0 aliphatic carbocycles. The van der Waals surface area contributed by atoms with Crippen LogP contribution in [0.2, 0.25) is 5.02 Å². The van der Waals surface area contributed by atoms with Crippen LogP contribution in [0.15, 0.2) is 38.6 Å². The van der Waals surface area contributed by atoms with Crippen LogP contribution >= 0.6 is 54.8 Å². The third kappa shape index (κ3) is 3.48. The van der Waals surface area contributed by atoms with E-state index < -0.39 is 0 Å². The van der Waals surface area contributed by atoms with Crippen LogP contribution in [0.3, 0.4) is 0 Å². The second kappa shape index (κ2) is 6.39. The minimum absolute atomic E-state index is 0.106. The number of benzene rings is 1. The van der Waals surface area contributed by atoms with Crippen molar-refractivity contribution in [1.82, 2.24) is 0 Å². The fourth-order valence-corrected chi connectivity index (χ4v) is 3.55. The number of thiophene rings is 1. The lowest BCUT2D eigenvalue weighted by atomic mass is 10.2. The first-order chi connectivity index (χ1) is 8.60. The van der Waals surface area contributed by atoms with Crippen LogP contribution in [-0.2, 0) is 0 Å². The molecule has 96 valence electrons. The van der Waals surface area contributed by atoms with Crippen molar-refractivity contribution in [2.75, 3.05) is 11.9 Å². The minimum atomic E-state index is 0.106. The smallest absolute Gasteiger partial charge is 0.0729 e. The van der Waals surface area contributed by atoms with Crippen LogP contribution in [0.5, 0.6) is 0 Å². The van der Waals surface area contributed by atoms with E-state index in [4.69, 9.17) is 17.3 Å². The van der Waals surface area contributed by atoms with Gasteiger partial charge in [0.15, 0.2) is 0 Å². The first-order valence-corrected chi connectivity index (χ1v) is 8.10. The van der Waals surface area contributed by atoms with Gasteiger partial charge in [-0.3, -0.25) is 0 Å². The van der Waals surface area contributed by atoms with Gasteiger partial charge in [-0.1, -0.05) is 11.6 Å². The summed E-state index contributed by atoms with van der Waals surface area (Å²) in [6, 6.07) is 7.94. The molecule has 1 unspecified atom stereocenters. The molecule has 0 radical (unpaired) electrons. The zero-order chi connectivity index (χ0) is 13.1. The molecule has 0 saturated heterocycles. The van der Waals surface area contributed by atoms with Crippen molar-refractivity contribution in [2.45, 2.75) is 6.04 Å². The SMILES string of the molecule is NCC(Nc1ccc(Cl)c(Br)c1)c1cc(Br)cs1. The van der Waals surface area contributed by atoms with Gasteiger partial charge in [-0.2, -0.15) is 0 Å². The summed E-state index contributed by atoms with van der Waals surface area (Å²) in [5.74, 6) is 0. The Kier molecular flexibility index (Phi) is 5.09. The Balaban J connectivity index is 2.17. The second-order valence-electron chi connectivity index (χ2n) is 3.73. The van der Waals surface area contributed by atoms with Crippen LogP contribution < -0.4 is 11.1 Å². The molecule has 0 aliphatic rings. The van der Waals surface area contributed by atoms with Gasteiger partial charge in [0.1, 0.15) is 0 Å². The highest BCUT2D eigenvalue weighted by Crippen LogP contribution is 2.30. The molecule has 0 fully saturated rings. The first kappa shape index (κ1) is 14.3. The molecule has 2 rings (SSSR count). The van der Waals surface area contributed by atoms with E-state index in [2.05, 4.69) is 48.6 Å². The third-order valence-corrected chi connectivity index (χ3v) is 5.45. The Labute approximate surface area is 132 Å². The minimum Gasteiger partial charge on any atom is -0.376 e. The van der Waals surface area contributed by atoms with Crippen molar-refractivity contribution in [1.29, 1.82) is 0 Å². The van der Waals surface area contributed by atoms with Crippen molar-refractivity contribution in [3.8, 4) is 0 Å². The van der Waals surface area contributed by atoms with E-state index in [-0.39, 0.29) is 6.04 Å². The molecular weight excluding hydrogens is 399 g/mol. The molecule has 6 heteroatoms. The molecule has 2 aromatic rings. The summed E-state index contributed by atoms with van der Waals surface area (Å²) in [5, 5.41) is 6.15. The van der Waals surface area contributed by atoms with Gasteiger partial charge in [-0.25, -0.2) is 0 Å². The van der Waals surface area contributed by atoms with Crippen LogP contribution in [0.25, 0.3) is 0 Å². The highest BCUT2D eigenvalue weighted by atomic mass is 79.9. The van der Waals surface area contributed by atoms with Crippen molar-refractivity contribution in [3.05, 3.63) is 48.5 Å². The molecule has 3 N–H and O–H groups in total. The van der Waals surface area contributed by atoms with Crippen molar-refractivity contribution >= 4 is 60.5 Å². The van der Waals surface area contributed by atoms with Gasteiger partial charge >= 0.3 is 0 Å². The molecule has 0 aliphatic heterocycles. The van der Waals surface area contributed by atoms with Crippen LogP contribution in [0.1, 0.15) is 10.9 Å². The number of anilines is 1. The van der Waals surface area contributed by atoms with Crippen molar-refractivity contribution in [3.63, 3.8) is 0 Å². The standard InChI is InChI=1S/C12H11Br2ClN2S/c13-7-3-12(18-6-7)11(5-16)17-8-1-2-10(15)9(14)4-8/h1-4,6,11,17H,5,16H2. The summed E-state index contributed by atoms with van der Waals surface area (Å²) in [6.45, 7) is 0.535. The lowest BCUT2D eigenvalue weighted by Gasteiger charge is -2.17. The maximum atomic E-state index is 5.97. The number of hydrogen-bond donors (Lipinski definition) is 2. The summed E-state index contributed by atoms with van der Waals surface area (Å²) in [6.07, 6.45) is 0. The van der Waals surface area contributed by atoms with E-state index in [9.17, 15) is 0 Å². The largest absolute Gasteiger partial charge is 0.376 e. The van der Waals surface area contributed by atoms with Crippen molar-refractivity contribution < 1.29 is 0 Å². The summed E-state index contributed by atoms with van der Waals surface area (Å²) in [5.41, 5.74) is 6.81. The Morgan fingerprint density at radius 2 is 2.11 bits per heavy atom. The number of hydrogen-bond acceptors (Lipinski definition) is 3. The Bertz CT molecular complexity index is 545. The van der Waals surface area contributed by atoms with Crippen LogP contribution in [0, 0.1) is 0 Å². The van der Waals surface area contributed by atoms with Gasteiger partial charge in [0.05, 0.1) is 11.1 Å². The van der Waals surface area contributed by atoms with Crippen LogP contribution in [-0.4, -0.2) is 6.54 Å². The fraction of sp³-hybridized carbons (Fsp3) is 0.167. The summed E-state index contributed by atoms with van der Waals surface area (Å²) >= 11 is 14.5. The van der Waals surface area contributed by atoms with Gasteiger partial charge in [0, 0.05) is 31.4 Å². The van der Waals surface area contributed by atoms with E-state index in [1.165, 1.54) is 4.88 Å². The zero-order valence-corrected chi connectivity index (χ0v) is 14.0. The average Bonchev–Trinajstić information content (AvgIpc) is 2.77. The maximum absolute atomic E-state index is 5.97. The molecular formula is C12H11Br2ClN2S. The monoisotopic (exact) mass is 408 g/mol. The van der Waals surface area contributed by atoms with E-state index in [1.807, 2.05) is 18.2 Å². The van der Waals surface area contributed by atoms with Gasteiger partial charge in [0.2, 0.25) is 0 Å². The quantitative estimate of drug-likeness (QED) is 0.741. The van der Waals surface area contributed by atoms with E-state index in [0.29, 0.717) is 11.6 Å². The molecule has 1 heterocycles. The van der Waals surface area contributed by atoms with Gasteiger partial charge in [0.25, 0.3) is 0 Å². The molecule has 1 aromatic carbocycles. The summed E-state index contributed by atoms with van der Waals surface area (Å²) in [4.78, 5) is 1.20. The molecule has 0 saturated carbocycles. The molecule has 0 bridgehead atoms. The maximum Gasteiger partial charge on any atom is 0.0729 e. The van der Waals surface area contributed by atoms with Crippen molar-refractivity contribution in [2.24, 2.45) is 5.73 Å². The molecule has 18 heavy (non-hydrogen) atoms. The predicted molar refractivity (Wildman–Crippen MR) is 86.6 cm³/mol. The second-order valence-corrected chi connectivity index (χ2v) is 6.85. The average molecular weight is 411 g/mol. The fourth-order valence-electron chi connectivity index (χ4n) is 1.54. The number of rotatable bonds is 4. The number of halogens is 3. The molecule has 2 nitrogen and oxygen atoms in total. The first-order valence-electron chi connectivity index (χ1n) is 5.25. The Hall–Kier alpha value is -0.0700. The van der Waals surface area contributed by atoms with Gasteiger partial charge in [-0.05, 0) is 56.1 Å². The molecule has 1 atom stereocenters.